The highest BCUT2D eigenvalue weighted by molar-refractivity contribution is 14.0. The molecule has 1 aliphatic rings. The van der Waals surface area contributed by atoms with Crippen LogP contribution in [0.4, 0.5) is 13.2 Å². The number of carbonyl (C=O) groups excluding carboxylic acids is 1. The number of carbonyl (C=O) groups is 1. The Labute approximate surface area is 149 Å². The van der Waals surface area contributed by atoms with Gasteiger partial charge in [0.25, 0.3) is 0 Å². The molecule has 0 aromatic rings. The fourth-order valence-corrected chi connectivity index (χ4v) is 3.09. The summed E-state index contributed by atoms with van der Waals surface area (Å²) < 4.78 is 36.5. The lowest BCUT2D eigenvalue weighted by Gasteiger charge is -2.20. The van der Waals surface area contributed by atoms with E-state index in [9.17, 15) is 18.0 Å². The maximum Gasteiger partial charge on any atom is 0.406 e. The van der Waals surface area contributed by atoms with Gasteiger partial charge in [0.1, 0.15) is 6.54 Å². The zero-order chi connectivity index (χ0) is 15.9. The standard InChI is InChI=1S/C12H21F3N4OS.HI/c1-16-11(17-6-9-4-3-5-21-9)18-7-10(20)19(2)8-12(13,14)15;/h9H,3-8H2,1-2H3,(H2,16,17,18);1H. The minimum Gasteiger partial charge on any atom is -0.355 e. The molecule has 0 aromatic carbocycles. The van der Waals surface area contributed by atoms with Crippen molar-refractivity contribution in [1.82, 2.24) is 15.5 Å². The third kappa shape index (κ3) is 8.91. The zero-order valence-electron chi connectivity index (χ0n) is 12.6. The van der Waals surface area contributed by atoms with E-state index in [0.717, 1.165) is 25.8 Å². The fraction of sp³-hybridized carbons (Fsp3) is 0.833. The molecule has 5 nitrogen and oxygen atoms in total. The van der Waals surface area contributed by atoms with Gasteiger partial charge < -0.3 is 15.5 Å². The topological polar surface area (TPSA) is 56.7 Å². The molecule has 1 aliphatic heterocycles. The Morgan fingerprint density at radius 2 is 2.09 bits per heavy atom. The van der Waals surface area contributed by atoms with Gasteiger partial charge in [-0.25, -0.2) is 0 Å². The Hall–Kier alpha value is -0.390. The van der Waals surface area contributed by atoms with Crippen LogP contribution in [0.5, 0.6) is 0 Å². The third-order valence-corrected chi connectivity index (χ3v) is 4.39. The third-order valence-electron chi connectivity index (χ3n) is 2.99. The Morgan fingerprint density at radius 3 is 2.59 bits per heavy atom. The maximum atomic E-state index is 12.2. The van der Waals surface area contributed by atoms with Crippen LogP contribution in [0.2, 0.25) is 0 Å². The number of aliphatic imine (C=N–C) groups is 1. The number of thioether (sulfide) groups is 1. The van der Waals surface area contributed by atoms with Crippen LogP contribution in [-0.4, -0.2) is 67.7 Å². The van der Waals surface area contributed by atoms with Crippen molar-refractivity contribution in [3.05, 3.63) is 0 Å². The number of amides is 1. The Balaban J connectivity index is 0.00000441. The van der Waals surface area contributed by atoms with Gasteiger partial charge in [-0.2, -0.15) is 24.9 Å². The molecule has 0 aliphatic carbocycles. The van der Waals surface area contributed by atoms with Crippen LogP contribution in [0.1, 0.15) is 12.8 Å². The fourth-order valence-electron chi connectivity index (χ4n) is 1.89. The molecule has 2 N–H and O–H groups in total. The number of guanidine groups is 1. The monoisotopic (exact) mass is 454 g/mol. The smallest absolute Gasteiger partial charge is 0.355 e. The second-order valence-corrected chi connectivity index (χ2v) is 6.21. The van der Waals surface area contributed by atoms with Gasteiger partial charge in [-0.1, -0.05) is 0 Å². The van der Waals surface area contributed by atoms with Crippen LogP contribution in [0, 0.1) is 0 Å². The van der Waals surface area contributed by atoms with Gasteiger partial charge >= 0.3 is 6.18 Å². The van der Waals surface area contributed by atoms with E-state index in [1.165, 1.54) is 6.42 Å². The second kappa shape index (κ2) is 10.4. The van der Waals surface area contributed by atoms with E-state index >= 15 is 0 Å². The molecular formula is C12H22F3IN4OS. The molecule has 22 heavy (non-hydrogen) atoms. The molecule has 1 unspecified atom stereocenters. The number of alkyl halides is 3. The van der Waals surface area contributed by atoms with Crippen molar-refractivity contribution in [2.24, 2.45) is 4.99 Å². The first kappa shape index (κ1) is 21.6. The van der Waals surface area contributed by atoms with Crippen molar-refractivity contribution in [3.63, 3.8) is 0 Å². The van der Waals surface area contributed by atoms with Crippen LogP contribution in [0.3, 0.4) is 0 Å². The molecule has 0 aromatic heterocycles. The van der Waals surface area contributed by atoms with E-state index in [1.54, 1.807) is 7.05 Å². The molecular weight excluding hydrogens is 432 g/mol. The van der Waals surface area contributed by atoms with Crippen molar-refractivity contribution in [2.45, 2.75) is 24.3 Å². The summed E-state index contributed by atoms with van der Waals surface area (Å²) in [7, 11) is 2.68. The minimum absolute atomic E-state index is 0. The van der Waals surface area contributed by atoms with E-state index < -0.39 is 18.6 Å². The van der Waals surface area contributed by atoms with Crippen LogP contribution in [0.25, 0.3) is 0 Å². The largest absolute Gasteiger partial charge is 0.406 e. The SMILES string of the molecule is CN=C(NCC(=O)N(C)CC(F)(F)F)NCC1CCCS1.I. The van der Waals surface area contributed by atoms with Gasteiger partial charge in [-0.05, 0) is 18.6 Å². The summed E-state index contributed by atoms with van der Waals surface area (Å²) >= 11 is 1.89. The van der Waals surface area contributed by atoms with Gasteiger partial charge in [0, 0.05) is 25.9 Å². The molecule has 1 fully saturated rings. The first-order valence-corrected chi connectivity index (χ1v) is 7.73. The molecule has 1 rings (SSSR count). The number of rotatable bonds is 5. The summed E-state index contributed by atoms with van der Waals surface area (Å²) in [5.74, 6) is 0.945. The number of likely N-dealkylation sites (N-methyl/N-ethyl adjacent to an activating group) is 1. The first-order valence-electron chi connectivity index (χ1n) is 6.68. The minimum atomic E-state index is -4.38. The Bertz CT molecular complexity index is 376. The van der Waals surface area contributed by atoms with Crippen LogP contribution < -0.4 is 10.6 Å². The summed E-state index contributed by atoms with van der Waals surface area (Å²) in [4.78, 5) is 16.2. The van der Waals surface area contributed by atoms with E-state index in [0.29, 0.717) is 16.1 Å². The van der Waals surface area contributed by atoms with Gasteiger partial charge in [-0.15, -0.1) is 24.0 Å². The van der Waals surface area contributed by atoms with Crippen LogP contribution in [0.15, 0.2) is 4.99 Å². The molecule has 0 saturated carbocycles. The number of hydrogen-bond acceptors (Lipinski definition) is 3. The lowest BCUT2D eigenvalue weighted by molar-refractivity contribution is -0.157. The van der Waals surface area contributed by atoms with Gasteiger partial charge in [-0.3, -0.25) is 9.79 Å². The molecule has 130 valence electrons. The van der Waals surface area contributed by atoms with E-state index in [2.05, 4.69) is 15.6 Å². The van der Waals surface area contributed by atoms with Crippen molar-refractivity contribution in [2.75, 3.05) is 39.5 Å². The quantitative estimate of drug-likeness (QED) is 0.377. The van der Waals surface area contributed by atoms with Gasteiger partial charge in [0.05, 0.1) is 6.54 Å². The molecule has 10 heteroatoms. The molecule has 0 spiro atoms. The lowest BCUT2D eigenvalue weighted by Crippen LogP contribution is -2.46. The summed E-state index contributed by atoms with van der Waals surface area (Å²) in [6.45, 7) is -0.737. The van der Waals surface area contributed by atoms with Crippen molar-refractivity contribution in [3.8, 4) is 0 Å². The summed E-state index contributed by atoms with van der Waals surface area (Å²) in [6, 6.07) is 0. The number of hydrogen-bond donors (Lipinski definition) is 2. The predicted molar refractivity (Wildman–Crippen MR) is 94.0 cm³/mol. The highest BCUT2D eigenvalue weighted by Crippen LogP contribution is 2.25. The molecule has 1 atom stereocenters. The highest BCUT2D eigenvalue weighted by atomic mass is 127. The average molecular weight is 454 g/mol. The summed E-state index contributed by atoms with van der Waals surface area (Å²) in [5, 5.41) is 6.33. The van der Waals surface area contributed by atoms with Crippen molar-refractivity contribution >= 4 is 47.6 Å². The van der Waals surface area contributed by atoms with E-state index in [4.69, 9.17) is 0 Å². The second-order valence-electron chi connectivity index (χ2n) is 4.81. The zero-order valence-corrected chi connectivity index (χ0v) is 15.7. The lowest BCUT2D eigenvalue weighted by atomic mass is 10.2. The molecule has 1 saturated heterocycles. The maximum absolute atomic E-state index is 12.2. The Morgan fingerprint density at radius 1 is 1.41 bits per heavy atom. The summed E-state index contributed by atoms with van der Waals surface area (Å²) in [6.07, 6.45) is -2.05. The Kier molecular flexibility index (Phi) is 10.2. The molecule has 0 bridgehead atoms. The van der Waals surface area contributed by atoms with Crippen molar-refractivity contribution < 1.29 is 18.0 Å². The highest BCUT2D eigenvalue weighted by Gasteiger charge is 2.31. The molecule has 1 heterocycles. The predicted octanol–water partition coefficient (Wildman–Crippen LogP) is 1.69. The number of nitrogens with zero attached hydrogens (tertiary/aromatic N) is 2. The van der Waals surface area contributed by atoms with E-state index in [1.807, 2.05) is 11.8 Å². The molecule has 1 amide bonds. The molecule has 0 radical (unpaired) electrons. The van der Waals surface area contributed by atoms with E-state index in [-0.39, 0.29) is 30.5 Å². The number of nitrogens with one attached hydrogen (secondary N) is 2. The van der Waals surface area contributed by atoms with Gasteiger partial charge in [0.2, 0.25) is 5.91 Å². The van der Waals surface area contributed by atoms with Gasteiger partial charge in [0.15, 0.2) is 5.96 Å². The average Bonchev–Trinajstić information content (AvgIpc) is 2.89. The van der Waals surface area contributed by atoms with Crippen LogP contribution >= 0.6 is 35.7 Å². The number of halogens is 4. The van der Waals surface area contributed by atoms with Crippen molar-refractivity contribution in [1.29, 1.82) is 0 Å². The van der Waals surface area contributed by atoms with Crippen LogP contribution in [-0.2, 0) is 4.79 Å². The first-order chi connectivity index (χ1) is 9.81. The summed E-state index contributed by atoms with van der Waals surface area (Å²) in [5.41, 5.74) is 0. The normalized spacial score (nSPS) is 18.6.